The van der Waals surface area contributed by atoms with Crippen molar-refractivity contribution < 1.29 is 14.3 Å². The fraction of sp³-hybridized carbons (Fsp3) is 0.300. The van der Waals surface area contributed by atoms with Crippen molar-refractivity contribution >= 4 is 27.8 Å². The molecule has 1 unspecified atom stereocenters. The lowest BCUT2D eigenvalue weighted by Crippen LogP contribution is -2.15. The van der Waals surface area contributed by atoms with Crippen LogP contribution in [0.1, 0.15) is 23.9 Å². The molecule has 0 aliphatic heterocycles. The van der Waals surface area contributed by atoms with Gasteiger partial charge in [-0.05, 0) is 22.4 Å². The number of carboxylic acids is 1. The first kappa shape index (κ1) is 11.7. The van der Waals surface area contributed by atoms with Crippen molar-refractivity contribution in [1.29, 1.82) is 0 Å². The maximum Gasteiger partial charge on any atom is 0.371 e. The number of rotatable bonds is 4. The molecule has 0 saturated carbocycles. The highest BCUT2D eigenvalue weighted by Crippen LogP contribution is 2.27. The van der Waals surface area contributed by atoms with E-state index in [1.54, 1.807) is 0 Å². The highest BCUT2D eigenvalue weighted by Gasteiger charge is 2.15. The number of furan rings is 1. The summed E-state index contributed by atoms with van der Waals surface area (Å²) in [6, 6.07) is 1.21. The molecular weight excluding hydrogens is 262 g/mol. The molecule has 0 aliphatic rings. The van der Waals surface area contributed by atoms with Crippen molar-refractivity contribution in [3.05, 3.63) is 16.3 Å². The molecule has 0 fully saturated rings. The van der Waals surface area contributed by atoms with Gasteiger partial charge in [-0.2, -0.15) is 0 Å². The van der Waals surface area contributed by atoms with Gasteiger partial charge in [-0.1, -0.05) is 12.8 Å². The molecular formula is C10H10BrNO3. The molecule has 1 aromatic rings. The second-order valence-corrected chi connectivity index (χ2v) is 3.72. The van der Waals surface area contributed by atoms with E-state index in [0.717, 1.165) is 6.42 Å². The van der Waals surface area contributed by atoms with Gasteiger partial charge in [0.1, 0.15) is 0 Å². The van der Waals surface area contributed by atoms with Gasteiger partial charge in [0, 0.05) is 6.07 Å². The Hall–Kier alpha value is -1.41. The van der Waals surface area contributed by atoms with E-state index in [0.29, 0.717) is 10.4 Å². The minimum Gasteiger partial charge on any atom is -0.475 e. The molecule has 1 aromatic heterocycles. The zero-order chi connectivity index (χ0) is 11.4. The van der Waals surface area contributed by atoms with Gasteiger partial charge in [0.25, 0.3) is 0 Å². The lowest BCUT2D eigenvalue weighted by Gasteiger charge is -2.09. The topological polar surface area (TPSA) is 62.5 Å². The number of terminal acetylenes is 1. The third-order valence-corrected chi connectivity index (χ3v) is 2.40. The number of anilines is 1. The number of hydrogen-bond donors (Lipinski definition) is 2. The molecule has 0 bridgehead atoms. The molecule has 0 spiro atoms. The van der Waals surface area contributed by atoms with Gasteiger partial charge in [0.15, 0.2) is 0 Å². The fourth-order valence-electron chi connectivity index (χ4n) is 0.992. The SMILES string of the molecule is C#CC(CC)Nc1oc(C(=O)O)cc1Br. The van der Waals surface area contributed by atoms with E-state index >= 15 is 0 Å². The highest BCUT2D eigenvalue weighted by atomic mass is 79.9. The monoisotopic (exact) mass is 271 g/mol. The van der Waals surface area contributed by atoms with Crippen molar-refractivity contribution in [2.45, 2.75) is 19.4 Å². The summed E-state index contributed by atoms with van der Waals surface area (Å²) in [5.74, 6) is 1.63. The van der Waals surface area contributed by atoms with Gasteiger partial charge in [0.2, 0.25) is 11.6 Å². The largest absolute Gasteiger partial charge is 0.475 e. The van der Waals surface area contributed by atoms with Crippen LogP contribution in [0, 0.1) is 12.3 Å². The minimum absolute atomic E-state index is 0.128. The van der Waals surface area contributed by atoms with Crippen molar-refractivity contribution in [2.24, 2.45) is 0 Å². The minimum atomic E-state index is -1.11. The van der Waals surface area contributed by atoms with E-state index in [-0.39, 0.29) is 11.8 Å². The van der Waals surface area contributed by atoms with Crippen LogP contribution in [-0.2, 0) is 0 Å². The summed E-state index contributed by atoms with van der Waals surface area (Å²) in [4.78, 5) is 10.6. The highest BCUT2D eigenvalue weighted by molar-refractivity contribution is 9.10. The van der Waals surface area contributed by atoms with Crippen LogP contribution >= 0.6 is 15.9 Å². The van der Waals surface area contributed by atoms with Crippen molar-refractivity contribution in [2.75, 3.05) is 5.32 Å². The summed E-state index contributed by atoms with van der Waals surface area (Å²) in [5, 5.41) is 11.6. The van der Waals surface area contributed by atoms with Crippen LogP contribution in [0.25, 0.3) is 0 Å². The van der Waals surface area contributed by atoms with Crippen LogP contribution < -0.4 is 5.32 Å². The maximum absolute atomic E-state index is 10.6. The molecule has 5 heteroatoms. The maximum atomic E-state index is 10.6. The summed E-state index contributed by atoms with van der Waals surface area (Å²) in [6.45, 7) is 1.92. The number of aromatic carboxylic acids is 1. The number of halogens is 1. The Morgan fingerprint density at radius 2 is 2.53 bits per heavy atom. The first-order chi connectivity index (χ1) is 7.08. The van der Waals surface area contributed by atoms with E-state index in [2.05, 4.69) is 27.2 Å². The third-order valence-electron chi connectivity index (χ3n) is 1.81. The normalized spacial score (nSPS) is 11.8. The van der Waals surface area contributed by atoms with Crippen LogP contribution in [0.3, 0.4) is 0 Å². The van der Waals surface area contributed by atoms with Crippen molar-refractivity contribution in [1.82, 2.24) is 0 Å². The lowest BCUT2D eigenvalue weighted by molar-refractivity contribution is 0.0663. The summed E-state index contributed by atoms with van der Waals surface area (Å²) in [7, 11) is 0. The summed E-state index contributed by atoms with van der Waals surface area (Å²) in [5.41, 5.74) is 0. The molecule has 4 nitrogen and oxygen atoms in total. The molecule has 0 saturated heterocycles. The third kappa shape index (κ3) is 2.77. The van der Waals surface area contributed by atoms with Crippen molar-refractivity contribution in [3.63, 3.8) is 0 Å². The molecule has 1 atom stereocenters. The lowest BCUT2D eigenvalue weighted by atomic mass is 10.2. The zero-order valence-corrected chi connectivity index (χ0v) is 9.67. The van der Waals surface area contributed by atoms with Gasteiger partial charge in [-0.15, -0.1) is 6.42 Å². The Bertz CT molecular complexity index is 405. The molecule has 1 heterocycles. The second kappa shape index (κ2) is 4.89. The smallest absolute Gasteiger partial charge is 0.371 e. The van der Waals surface area contributed by atoms with Crippen LogP contribution in [-0.4, -0.2) is 17.1 Å². The predicted octanol–water partition coefficient (Wildman–Crippen LogP) is 2.56. The Kier molecular flexibility index (Phi) is 3.81. The Morgan fingerprint density at radius 1 is 1.87 bits per heavy atom. The van der Waals surface area contributed by atoms with Gasteiger partial charge >= 0.3 is 5.97 Å². The van der Waals surface area contributed by atoms with E-state index in [1.807, 2.05) is 6.92 Å². The molecule has 1 rings (SSSR count). The number of carboxylic acid groups (broad SMARTS) is 1. The number of nitrogens with one attached hydrogen (secondary N) is 1. The number of hydrogen-bond acceptors (Lipinski definition) is 3. The van der Waals surface area contributed by atoms with Crippen LogP contribution in [0.5, 0.6) is 0 Å². The van der Waals surface area contributed by atoms with E-state index in [4.69, 9.17) is 15.9 Å². The quantitative estimate of drug-likeness (QED) is 0.827. The number of carbonyl (C=O) groups is 1. The molecule has 80 valence electrons. The second-order valence-electron chi connectivity index (χ2n) is 2.86. The van der Waals surface area contributed by atoms with Crippen LogP contribution in [0.2, 0.25) is 0 Å². The Morgan fingerprint density at radius 3 is 2.93 bits per heavy atom. The van der Waals surface area contributed by atoms with Crippen molar-refractivity contribution in [3.8, 4) is 12.3 Å². The predicted molar refractivity (Wildman–Crippen MR) is 59.9 cm³/mol. The molecule has 0 aliphatic carbocycles. The first-order valence-corrected chi connectivity index (χ1v) is 5.13. The molecule has 0 aromatic carbocycles. The fourth-order valence-corrected chi connectivity index (χ4v) is 1.40. The average Bonchev–Trinajstić information content (AvgIpc) is 2.56. The molecule has 0 radical (unpaired) electrons. The summed E-state index contributed by atoms with van der Waals surface area (Å²) in [6.07, 6.45) is 5.99. The van der Waals surface area contributed by atoms with Gasteiger partial charge in [0.05, 0.1) is 10.5 Å². The summed E-state index contributed by atoms with van der Waals surface area (Å²) >= 11 is 3.18. The average molecular weight is 272 g/mol. The Balaban J connectivity index is 2.87. The van der Waals surface area contributed by atoms with Gasteiger partial charge in [-0.3, -0.25) is 0 Å². The summed E-state index contributed by atoms with van der Waals surface area (Å²) < 4.78 is 5.61. The van der Waals surface area contributed by atoms with Crippen LogP contribution in [0.15, 0.2) is 15.0 Å². The standard InChI is InChI=1S/C10H10BrNO3/c1-3-6(4-2)12-9-7(11)5-8(15-9)10(13)14/h1,5-6,12H,4H2,2H3,(H,13,14). The first-order valence-electron chi connectivity index (χ1n) is 4.33. The molecule has 0 amide bonds. The van der Waals surface area contributed by atoms with Gasteiger partial charge < -0.3 is 14.8 Å². The zero-order valence-electron chi connectivity index (χ0n) is 8.08. The Labute approximate surface area is 95.8 Å². The van der Waals surface area contributed by atoms with E-state index in [9.17, 15) is 4.79 Å². The van der Waals surface area contributed by atoms with Gasteiger partial charge in [-0.25, -0.2) is 4.79 Å². The molecule has 15 heavy (non-hydrogen) atoms. The molecule has 2 N–H and O–H groups in total. The van der Waals surface area contributed by atoms with Crippen LogP contribution in [0.4, 0.5) is 5.88 Å². The van der Waals surface area contributed by atoms with E-state index in [1.165, 1.54) is 6.07 Å². The van der Waals surface area contributed by atoms with E-state index < -0.39 is 5.97 Å².